The summed E-state index contributed by atoms with van der Waals surface area (Å²) in [6, 6.07) is 10.0. The van der Waals surface area contributed by atoms with Gasteiger partial charge < -0.3 is 8.94 Å². The molecule has 2 heterocycles. The molecule has 0 aliphatic rings. The third-order valence-corrected chi connectivity index (χ3v) is 3.69. The van der Waals surface area contributed by atoms with E-state index in [0.717, 1.165) is 17.0 Å². The summed E-state index contributed by atoms with van der Waals surface area (Å²) in [5.41, 5.74) is 2.07. The van der Waals surface area contributed by atoms with Gasteiger partial charge in [-0.05, 0) is 26.3 Å². The monoisotopic (exact) mass is 312 g/mol. The van der Waals surface area contributed by atoms with Gasteiger partial charge in [0.1, 0.15) is 5.76 Å². The van der Waals surface area contributed by atoms with Crippen molar-refractivity contribution in [1.29, 1.82) is 0 Å². The van der Waals surface area contributed by atoms with E-state index in [-0.39, 0.29) is 6.04 Å². The molecule has 6 nitrogen and oxygen atoms in total. The SMILES string of the molecule is Cc1nc(CN[C@@H](C)c2nc(Cc3ccccc3)no2)oc1C. The van der Waals surface area contributed by atoms with Gasteiger partial charge in [-0.25, -0.2) is 4.98 Å². The fourth-order valence-corrected chi connectivity index (χ4v) is 2.24. The molecule has 0 saturated heterocycles. The maximum Gasteiger partial charge on any atom is 0.243 e. The zero-order valence-electron chi connectivity index (χ0n) is 13.5. The van der Waals surface area contributed by atoms with Crippen molar-refractivity contribution in [3.8, 4) is 0 Å². The van der Waals surface area contributed by atoms with Crippen molar-refractivity contribution in [3.63, 3.8) is 0 Å². The van der Waals surface area contributed by atoms with E-state index in [1.807, 2.05) is 51.1 Å². The standard InChI is InChI=1S/C17H20N4O2/c1-11-13(3)22-16(19-11)10-18-12(2)17-20-15(21-23-17)9-14-7-5-4-6-8-14/h4-8,12,18H,9-10H2,1-3H3/t12-/m0/s1. The molecular formula is C17H20N4O2. The van der Waals surface area contributed by atoms with Crippen LogP contribution in [0.4, 0.5) is 0 Å². The van der Waals surface area contributed by atoms with Gasteiger partial charge in [-0.3, -0.25) is 5.32 Å². The van der Waals surface area contributed by atoms with Gasteiger partial charge >= 0.3 is 0 Å². The largest absolute Gasteiger partial charge is 0.444 e. The molecule has 23 heavy (non-hydrogen) atoms. The van der Waals surface area contributed by atoms with Crippen LogP contribution in [0.2, 0.25) is 0 Å². The molecule has 0 amide bonds. The molecule has 6 heteroatoms. The van der Waals surface area contributed by atoms with E-state index in [4.69, 9.17) is 8.94 Å². The Hall–Kier alpha value is -2.47. The van der Waals surface area contributed by atoms with Crippen molar-refractivity contribution in [2.45, 2.75) is 39.8 Å². The minimum Gasteiger partial charge on any atom is -0.444 e. The third-order valence-electron chi connectivity index (χ3n) is 3.69. The quantitative estimate of drug-likeness (QED) is 0.753. The minimum absolute atomic E-state index is 0.0699. The number of nitrogens with zero attached hydrogens (tertiary/aromatic N) is 3. The van der Waals surface area contributed by atoms with Crippen molar-refractivity contribution >= 4 is 0 Å². The fourth-order valence-electron chi connectivity index (χ4n) is 2.24. The number of hydrogen-bond acceptors (Lipinski definition) is 6. The number of hydrogen-bond donors (Lipinski definition) is 1. The molecule has 0 bridgehead atoms. The molecule has 1 aromatic carbocycles. The van der Waals surface area contributed by atoms with Crippen molar-refractivity contribution in [2.75, 3.05) is 0 Å². The summed E-state index contributed by atoms with van der Waals surface area (Å²) in [6.45, 7) is 6.33. The van der Waals surface area contributed by atoms with E-state index in [0.29, 0.717) is 30.6 Å². The molecule has 0 aliphatic carbocycles. The van der Waals surface area contributed by atoms with Crippen LogP contribution in [0.3, 0.4) is 0 Å². The normalized spacial score (nSPS) is 12.5. The van der Waals surface area contributed by atoms with Crippen LogP contribution in [-0.4, -0.2) is 15.1 Å². The summed E-state index contributed by atoms with van der Waals surface area (Å²) < 4.78 is 10.9. The van der Waals surface area contributed by atoms with Crippen molar-refractivity contribution in [3.05, 3.63) is 65.0 Å². The van der Waals surface area contributed by atoms with E-state index in [1.165, 1.54) is 0 Å². The summed E-state index contributed by atoms with van der Waals surface area (Å²) in [7, 11) is 0. The molecule has 1 atom stereocenters. The van der Waals surface area contributed by atoms with Gasteiger partial charge in [-0.15, -0.1) is 0 Å². The highest BCUT2D eigenvalue weighted by molar-refractivity contribution is 5.18. The summed E-state index contributed by atoms with van der Waals surface area (Å²) in [5.74, 6) is 2.76. The molecule has 3 aromatic rings. The van der Waals surface area contributed by atoms with Crippen LogP contribution in [0, 0.1) is 13.8 Å². The Balaban J connectivity index is 1.58. The lowest BCUT2D eigenvalue weighted by atomic mass is 10.1. The lowest BCUT2D eigenvalue weighted by Gasteiger charge is -2.06. The summed E-state index contributed by atoms with van der Waals surface area (Å²) in [6.07, 6.45) is 0.662. The first-order valence-electron chi connectivity index (χ1n) is 7.64. The van der Waals surface area contributed by atoms with Gasteiger partial charge in [0.2, 0.25) is 11.8 Å². The van der Waals surface area contributed by atoms with Gasteiger partial charge in [-0.2, -0.15) is 4.98 Å². The second kappa shape index (κ2) is 6.75. The molecule has 0 saturated carbocycles. The van der Waals surface area contributed by atoms with Gasteiger partial charge in [0.15, 0.2) is 5.82 Å². The Morgan fingerprint density at radius 2 is 1.91 bits per heavy atom. The Labute approximate surface area is 134 Å². The maximum absolute atomic E-state index is 5.54. The predicted molar refractivity (Wildman–Crippen MR) is 84.8 cm³/mol. The lowest BCUT2D eigenvalue weighted by molar-refractivity contribution is 0.328. The second-order valence-electron chi connectivity index (χ2n) is 5.56. The minimum atomic E-state index is -0.0699. The zero-order valence-corrected chi connectivity index (χ0v) is 13.5. The van der Waals surface area contributed by atoms with E-state index in [9.17, 15) is 0 Å². The highest BCUT2D eigenvalue weighted by Gasteiger charge is 2.15. The first-order chi connectivity index (χ1) is 11.1. The highest BCUT2D eigenvalue weighted by atomic mass is 16.5. The number of benzene rings is 1. The summed E-state index contributed by atoms with van der Waals surface area (Å²) in [4.78, 5) is 8.79. The molecular weight excluding hydrogens is 292 g/mol. The smallest absolute Gasteiger partial charge is 0.243 e. The lowest BCUT2D eigenvalue weighted by Crippen LogP contribution is -2.18. The fraction of sp³-hybridized carbons (Fsp3) is 0.353. The van der Waals surface area contributed by atoms with Crippen LogP contribution in [0.5, 0.6) is 0 Å². The zero-order chi connectivity index (χ0) is 16.2. The van der Waals surface area contributed by atoms with Crippen LogP contribution in [0.25, 0.3) is 0 Å². The molecule has 0 aliphatic heterocycles. The highest BCUT2D eigenvalue weighted by Crippen LogP contribution is 2.14. The maximum atomic E-state index is 5.54. The van der Waals surface area contributed by atoms with Gasteiger partial charge in [-0.1, -0.05) is 35.5 Å². The van der Waals surface area contributed by atoms with Crippen molar-refractivity contribution in [1.82, 2.24) is 20.4 Å². The molecule has 3 rings (SSSR count). The number of rotatable bonds is 6. The summed E-state index contributed by atoms with van der Waals surface area (Å²) in [5, 5.41) is 7.32. The predicted octanol–water partition coefficient (Wildman–Crippen LogP) is 3.12. The molecule has 2 aromatic heterocycles. The van der Waals surface area contributed by atoms with E-state index in [2.05, 4.69) is 20.4 Å². The molecule has 1 N–H and O–H groups in total. The second-order valence-corrected chi connectivity index (χ2v) is 5.56. The van der Waals surface area contributed by atoms with Crippen LogP contribution < -0.4 is 5.32 Å². The van der Waals surface area contributed by atoms with Gasteiger partial charge in [0, 0.05) is 6.42 Å². The molecule has 120 valence electrons. The average Bonchev–Trinajstić information content (AvgIpc) is 3.13. The van der Waals surface area contributed by atoms with E-state index >= 15 is 0 Å². The first-order valence-corrected chi connectivity index (χ1v) is 7.64. The summed E-state index contributed by atoms with van der Waals surface area (Å²) >= 11 is 0. The molecule has 0 fully saturated rings. The van der Waals surface area contributed by atoms with Crippen LogP contribution in [0.15, 0.2) is 39.3 Å². The van der Waals surface area contributed by atoms with E-state index < -0.39 is 0 Å². The van der Waals surface area contributed by atoms with Crippen molar-refractivity contribution < 1.29 is 8.94 Å². The number of nitrogens with one attached hydrogen (secondary N) is 1. The number of aromatic nitrogens is 3. The Morgan fingerprint density at radius 3 is 2.61 bits per heavy atom. The first kappa shape index (κ1) is 15.4. The Morgan fingerprint density at radius 1 is 1.13 bits per heavy atom. The third kappa shape index (κ3) is 3.84. The van der Waals surface area contributed by atoms with Crippen LogP contribution >= 0.6 is 0 Å². The topological polar surface area (TPSA) is 77.0 Å². The van der Waals surface area contributed by atoms with Crippen LogP contribution in [-0.2, 0) is 13.0 Å². The average molecular weight is 312 g/mol. The number of oxazole rings is 1. The molecule has 0 unspecified atom stereocenters. The van der Waals surface area contributed by atoms with E-state index in [1.54, 1.807) is 0 Å². The van der Waals surface area contributed by atoms with Gasteiger partial charge in [0.25, 0.3) is 0 Å². The molecule has 0 spiro atoms. The number of aryl methyl sites for hydroxylation is 2. The molecule has 0 radical (unpaired) electrons. The Bertz CT molecular complexity index is 745. The van der Waals surface area contributed by atoms with Crippen LogP contribution in [0.1, 0.15) is 47.6 Å². The van der Waals surface area contributed by atoms with Gasteiger partial charge in [0.05, 0.1) is 18.3 Å². The van der Waals surface area contributed by atoms with Crippen molar-refractivity contribution in [2.24, 2.45) is 0 Å². The Kier molecular flexibility index (Phi) is 4.52.